The van der Waals surface area contributed by atoms with Crippen LogP contribution in [0.2, 0.25) is 0 Å². The maximum absolute atomic E-state index is 13.0. The van der Waals surface area contributed by atoms with Gasteiger partial charge in [-0.05, 0) is 61.8 Å². The van der Waals surface area contributed by atoms with Crippen LogP contribution in [0.5, 0.6) is 0 Å². The lowest BCUT2D eigenvalue weighted by molar-refractivity contribution is -0.136. The first-order valence-corrected chi connectivity index (χ1v) is 11.1. The molecule has 1 heterocycles. The molecular weight excluding hydrogens is 386 g/mol. The molecule has 1 saturated heterocycles. The van der Waals surface area contributed by atoms with Crippen LogP contribution >= 0.6 is 12.4 Å². The van der Waals surface area contributed by atoms with Gasteiger partial charge in [0.05, 0.1) is 4.90 Å². The monoisotopic (exact) mass is 413 g/mol. The number of sulfonamides is 1. The molecule has 2 fully saturated rings. The number of piperazine rings is 1. The normalized spacial score (nSPS) is 25.9. The molecule has 2 aliphatic carbocycles. The molecule has 2 N–H and O–H groups in total. The number of benzene rings is 1. The van der Waals surface area contributed by atoms with Gasteiger partial charge in [0.25, 0.3) is 0 Å². The van der Waals surface area contributed by atoms with E-state index in [1.165, 1.54) is 9.87 Å². The first kappa shape index (κ1) is 20.6. The summed E-state index contributed by atoms with van der Waals surface area (Å²) in [6, 6.07) is 5.66. The van der Waals surface area contributed by atoms with Crippen LogP contribution in [0.1, 0.15) is 36.8 Å². The lowest BCUT2D eigenvalue weighted by Gasteiger charge is -2.35. The lowest BCUT2D eigenvalue weighted by Crippen LogP contribution is -2.51. The third-order valence-electron chi connectivity index (χ3n) is 6.08. The Kier molecular flexibility index (Phi) is 6.15. The molecule has 1 aromatic carbocycles. The van der Waals surface area contributed by atoms with Crippen LogP contribution in [0.3, 0.4) is 0 Å². The number of hydrogen-bond donors (Lipinski definition) is 1. The van der Waals surface area contributed by atoms with Gasteiger partial charge in [-0.1, -0.05) is 6.07 Å². The van der Waals surface area contributed by atoms with E-state index in [0.29, 0.717) is 31.1 Å². The van der Waals surface area contributed by atoms with Crippen LogP contribution in [0.4, 0.5) is 0 Å². The van der Waals surface area contributed by atoms with E-state index < -0.39 is 10.0 Å². The van der Waals surface area contributed by atoms with Gasteiger partial charge in [-0.25, -0.2) is 8.42 Å². The zero-order valence-electron chi connectivity index (χ0n) is 15.5. The van der Waals surface area contributed by atoms with E-state index >= 15 is 0 Å². The predicted octanol–water partition coefficient (Wildman–Crippen LogP) is 1.56. The van der Waals surface area contributed by atoms with Crippen molar-refractivity contribution in [2.75, 3.05) is 26.2 Å². The second kappa shape index (κ2) is 8.07. The van der Waals surface area contributed by atoms with Crippen molar-refractivity contribution < 1.29 is 13.2 Å². The molecule has 3 aliphatic rings. The molecule has 1 amide bonds. The van der Waals surface area contributed by atoms with Gasteiger partial charge in [0, 0.05) is 38.1 Å². The molecule has 0 radical (unpaired) electrons. The number of carbonyl (C=O) groups excluding carboxylic acids is 1. The highest BCUT2D eigenvalue weighted by Crippen LogP contribution is 2.28. The lowest BCUT2D eigenvalue weighted by atomic mass is 10.1. The zero-order chi connectivity index (χ0) is 18.3. The third-order valence-corrected chi connectivity index (χ3v) is 7.98. The summed E-state index contributed by atoms with van der Waals surface area (Å²) in [6.45, 7) is 1.66. The maximum atomic E-state index is 13.0. The number of nitrogens with two attached hydrogens (primary N) is 1. The molecular formula is C19H28ClN3O3S. The predicted molar refractivity (Wildman–Crippen MR) is 106 cm³/mol. The number of carbonyl (C=O) groups is 1. The van der Waals surface area contributed by atoms with Gasteiger partial charge in [0.2, 0.25) is 15.9 Å². The Morgan fingerprint density at radius 1 is 1.04 bits per heavy atom. The Labute approximate surface area is 167 Å². The van der Waals surface area contributed by atoms with Crippen molar-refractivity contribution in [2.24, 2.45) is 11.7 Å². The van der Waals surface area contributed by atoms with Crippen LogP contribution < -0.4 is 5.73 Å². The number of fused-ring (bicyclic) bond motifs is 1. The average Bonchev–Trinajstić information content (AvgIpc) is 3.29. The summed E-state index contributed by atoms with van der Waals surface area (Å²) in [6.07, 6.45) is 5.62. The highest BCUT2D eigenvalue weighted by molar-refractivity contribution is 7.89. The van der Waals surface area contributed by atoms with Gasteiger partial charge in [0.1, 0.15) is 0 Å². The summed E-state index contributed by atoms with van der Waals surface area (Å²) >= 11 is 0. The fraction of sp³-hybridized carbons (Fsp3) is 0.632. The average molecular weight is 414 g/mol. The van der Waals surface area contributed by atoms with Crippen LogP contribution in [0.15, 0.2) is 23.1 Å². The minimum atomic E-state index is -3.49. The van der Waals surface area contributed by atoms with Gasteiger partial charge < -0.3 is 10.6 Å². The second-order valence-corrected chi connectivity index (χ2v) is 9.72. The van der Waals surface area contributed by atoms with Crippen molar-refractivity contribution in [3.63, 3.8) is 0 Å². The van der Waals surface area contributed by atoms with Crippen molar-refractivity contribution in [2.45, 2.75) is 49.5 Å². The van der Waals surface area contributed by atoms with E-state index in [2.05, 4.69) is 0 Å². The number of aryl methyl sites for hydroxylation is 2. The standard InChI is InChI=1S/C19H27N3O3S.ClH/c20-17-6-4-16(12-17)19(23)21-8-10-22(11-9-21)26(24,25)18-7-5-14-2-1-3-15(14)13-18;/h5,7,13,16-17H,1-4,6,8-12,20H2;1H. The Balaban J connectivity index is 0.00000210. The van der Waals surface area contributed by atoms with E-state index in [0.717, 1.165) is 44.1 Å². The topological polar surface area (TPSA) is 83.7 Å². The molecule has 2 atom stereocenters. The van der Waals surface area contributed by atoms with E-state index in [1.54, 1.807) is 6.07 Å². The van der Waals surface area contributed by atoms with E-state index in [-0.39, 0.29) is 30.3 Å². The SMILES string of the molecule is Cl.NC1CCC(C(=O)N2CCN(S(=O)(=O)c3ccc4c(c3)CCC4)CC2)C1. The molecule has 1 aromatic rings. The van der Waals surface area contributed by atoms with Crippen LogP contribution in [-0.4, -0.2) is 55.8 Å². The number of nitrogens with zero attached hydrogens (tertiary/aromatic N) is 2. The molecule has 0 spiro atoms. The molecule has 1 aliphatic heterocycles. The smallest absolute Gasteiger partial charge is 0.243 e. The fourth-order valence-corrected chi connectivity index (χ4v) is 5.98. The molecule has 4 rings (SSSR count). The summed E-state index contributed by atoms with van der Waals surface area (Å²) in [4.78, 5) is 14.8. The Morgan fingerprint density at radius 2 is 1.74 bits per heavy atom. The molecule has 150 valence electrons. The number of halogens is 1. The van der Waals surface area contributed by atoms with Gasteiger partial charge in [-0.15, -0.1) is 12.4 Å². The second-order valence-electron chi connectivity index (χ2n) is 7.78. The number of hydrogen-bond acceptors (Lipinski definition) is 4. The van der Waals surface area contributed by atoms with Crippen molar-refractivity contribution >= 4 is 28.3 Å². The summed E-state index contributed by atoms with van der Waals surface area (Å²) in [7, 11) is -3.49. The first-order chi connectivity index (χ1) is 12.4. The highest BCUT2D eigenvalue weighted by atomic mass is 35.5. The van der Waals surface area contributed by atoms with E-state index in [9.17, 15) is 13.2 Å². The quantitative estimate of drug-likeness (QED) is 0.814. The summed E-state index contributed by atoms with van der Waals surface area (Å²) in [5, 5.41) is 0. The fourth-order valence-electron chi connectivity index (χ4n) is 4.51. The van der Waals surface area contributed by atoms with E-state index in [1.807, 2.05) is 17.0 Å². The molecule has 1 saturated carbocycles. The summed E-state index contributed by atoms with van der Waals surface area (Å²) in [5.74, 6) is 0.164. The number of rotatable bonds is 3. The Morgan fingerprint density at radius 3 is 2.41 bits per heavy atom. The minimum Gasteiger partial charge on any atom is -0.340 e. The molecule has 0 bridgehead atoms. The molecule has 0 aromatic heterocycles. The maximum Gasteiger partial charge on any atom is 0.243 e. The minimum absolute atomic E-state index is 0. The first-order valence-electron chi connectivity index (χ1n) is 9.61. The summed E-state index contributed by atoms with van der Waals surface area (Å²) < 4.78 is 27.5. The molecule has 27 heavy (non-hydrogen) atoms. The van der Waals surface area contributed by atoms with Crippen LogP contribution in [0, 0.1) is 5.92 Å². The van der Waals surface area contributed by atoms with Crippen molar-refractivity contribution in [3.05, 3.63) is 29.3 Å². The Hall–Kier alpha value is -1.15. The largest absolute Gasteiger partial charge is 0.340 e. The molecule has 2 unspecified atom stereocenters. The Bertz CT molecular complexity index is 806. The highest BCUT2D eigenvalue weighted by Gasteiger charge is 2.35. The summed E-state index contributed by atoms with van der Waals surface area (Å²) in [5.41, 5.74) is 8.35. The van der Waals surface area contributed by atoms with Crippen molar-refractivity contribution in [1.29, 1.82) is 0 Å². The van der Waals surface area contributed by atoms with Crippen molar-refractivity contribution in [1.82, 2.24) is 9.21 Å². The van der Waals surface area contributed by atoms with Gasteiger partial charge in [-0.2, -0.15) is 4.31 Å². The molecule has 6 nitrogen and oxygen atoms in total. The molecule has 8 heteroatoms. The van der Waals surface area contributed by atoms with Gasteiger partial charge in [0.15, 0.2) is 0 Å². The van der Waals surface area contributed by atoms with Crippen LogP contribution in [-0.2, 0) is 27.7 Å². The third kappa shape index (κ3) is 4.01. The van der Waals surface area contributed by atoms with Crippen molar-refractivity contribution in [3.8, 4) is 0 Å². The van der Waals surface area contributed by atoms with Gasteiger partial charge in [-0.3, -0.25) is 4.79 Å². The number of amides is 1. The van der Waals surface area contributed by atoms with Crippen LogP contribution in [0.25, 0.3) is 0 Å². The van der Waals surface area contributed by atoms with E-state index in [4.69, 9.17) is 5.73 Å². The van der Waals surface area contributed by atoms with Gasteiger partial charge >= 0.3 is 0 Å². The zero-order valence-corrected chi connectivity index (χ0v) is 17.1.